The second-order valence-electron chi connectivity index (χ2n) is 7.42. The van der Waals surface area contributed by atoms with Crippen molar-refractivity contribution in [1.82, 2.24) is 9.73 Å². The molecule has 0 unspecified atom stereocenters. The highest BCUT2D eigenvalue weighted by Crippen LogP contribution is 2.31. The number of hydrogen-bond donors (Lipinski definition) is 1. The summed E-state index contributed by atoms with van der Waals surface area (Å²) < 4.78 is 38.5. The number of methoxy groups -OCH3 is 2. The first-order valence-corrected chi connectivity index (χ1v) is 12.0. The monoisotopic (exact) mass is 512 g/mol. The molecule has 0 atom stereocenters. The van der Waals surface area contributed by atoms with Crippen molar-refractivity contribution in [2.75, 3.05) is 20.8 Å². The van der Waals surface area contributed by atoms with Gasteiger partial charge in [0.1, 0.15) is 16.4 Å². The van der Waals surface area contributed by atoms with Crippen LogP contribution in [0.25, 0.3) is 0 Å². The topological polar surface area (TPSA) is 140 Å². The Morgan fingerprint density at radius 1 is 1.06 bits per heavy atom. The first-order chi connectivity index (χ1) is 17.2. The number of benzene rings is 3. The Kier molecular flexibility index (Phi) is 8.71. The molecule has 0 aliphatic heterocycles. The number of hydrogen-bond acceptors (Lipinski definition) is 8. The summed E-state index contributed by atoms with van der Waals surface area (Å²) in [5.41, 5.74) is 3.20. The van der Waals surface area contributed by atoms with Crippen molar-refractivity contribution >= 4 is 27.8 Å². The maximum absolute atomic E-state index is 13.6. The van der Waals surface area contributed by atoms with Crippen LogP contribution in [0.2, 0.25) is 0 Å². The molecule has 36 heavy (non-hydrogen) atoms. The van der Waals surface area contributed by atoms with Gasteiger partial charge in [-0.3, -0.25) is 14.9 Å². The maximum atomic E-state index is 13.6. The van der Waals surface area contributed by atoms with Gasteiger partial charge in [0.15, 0.2) is 0 Å². The van der Waals surface area contributed by atoms with Gasteiger partial charge in [0, 0.05) is 30.3 Å². The Balaban J connectivity index is 1.84. The zero-order chi connectivity index (χ0) is 26.1. The lowest BCUT2D eigenvalue weighted by Crippen LogP contribution is -2.39. The van der Waals surface area contributed by atoms with E-state index in [1.54, 1.807) is 36.4 Å². The molecule has 0 radical (unpaired) electrons. The fourth-order valence-corrected chi connectivity index (χ4v) is 4.75. The fourth-order valence-electron chi connectivity index (χ4n) is 3.23. The molecule has 0 aromatic heterocycles. The molecule has 0 saturated carbocycles. The highest BCUT2D eigenvalue weighted by atomic mass is 32.2. The molecule has 0 aliphatic carbocycles. The van der Waals surface area contributed by atoms with E-state index >= 15 is 0 Å². The number of carbonyl (C=O) groups excluding carboxylic acids is 1. The van der Waals surface area contributed by atoms with Gasteiger partial charge < -0.3 is 9.47 Å². The van der Waals surface area contributed by atoms with E-state index in [-0.39, 0.29) is 22.9 Å². The van der Waals surface area contributed by atoms with Gasteiger partial charge in [-0.15, -0.1) is 0 Å². The van der Waals surface area contributed by atoms with Gasteiger partial charge in [0.25, 0.3) is 11.6 Å². The van der Waals surface area contributed by atoms with Gasteiger partial charge in [-0.25, -0.2) is 13.8 Å². The third-order valence-electron chi connectivity index (χ3n) is 4.99. The molecule has 0 spiro atoms. The molecule has 12 heteroatoms. The lowest BCUT2D eigenvalue weighted by atomic mass is 10.2. The highest BCUT2D eigenvalue weighted by Gasteiger charge is 2.30. The number of sulfonamides is 1. The van der Waals surface area contributed by atoms with Crippen molar-refractivity contribution in [3.63, 3.8) is 0 Å². The average Bonchev–Trinajstić information content (AvgIpc) is 2.88. The van der Waals surface area contributed by atoms with Gasteiger partial charge in [-0.2, -0.15) is 9.41 Å². The summed E-state index contributed by atoms with van der Waals surface area (Å²) >= 11 is 0. The van der Waals surface area contributed by atoms with E-state index in [0.29, 0.717) is 16.9 Å². The number of non-ortho nitro benzene ring substituents is 1. The summed E-state index contributed by atoms with van der Waals surface area (Å²) in [6.07, 6.45) is 1.23. The average molecular weight is 513 g/mol. The summed E-state index contributed by atoms with van der Waals surface area (Å²) in [4.78, 5) is 22.9. The smallest absolute Gasteiger partial charge is 0.270 e. The summed E-state index contributed by atoms with van der Waals surface area (Å²) in [6.45, 7) is -0.626. The van der Waals surface area contributed by atoms with E-state index in [1.165, 1.54) is 56.8 Å². The molecule has 0 aliphatic rings. The van der Waals surface area contributed by atoms with Crippen molar-refractivity contribution in [3.8, 4) is 11.5 Å². The molecular formula is C24H24N4O7S. The molecule has 0 bridgehead atoms. The van der Waals surface area contributed by atoms with E-state index in [0.717, 1.165) is 4.31 Å². The van der Waals surface area contributed by atoms with Crippen LogP contribution in [0.4, 0.5) is 5.69 Å². The van der Waals surface area contributed by atoms with Gasteiger partial charge in [-0.1, -0.05) is 42.5 Å². The van der Waals surface area contributed by atoms with Crippen molar-refractivity contribution < 1.29 is 27.6 Å². The number of nitrogens with zero attached hydrogens (tertiary/aromatic N) is 3. The number of hydrazone groups is 1. The van der Waals surface area contributed by atoms with Crippen LogP contribution in [0.5, 0.6) is 11.5 Å². The molecule has 3 aromatic carbocycles. The number of carbonyl (C=O) groups is 1. The molecule has 3 rings (SSSR count). The van der Waals surface area contributed by atoms with Crippen LogP contribution in [0.3, 0.4) is 0 Å². The van der Waals surface area contributed by atoms with Crippen molar-refractivity contribution in [3.05, 3.63) is 94.0 Å². The van der Waals surface area contributed by atoms with Crippen molar-refractivity contribution in [1.29, 1.82) is 0 Å². The first kappa shape index (κ1) is 26.3. The molecular weight excluding hydrogens is 488 g/mol. The lowest BCUT2D eigenvalue weighted by molar-refractivity contribution is -0.384. The summed E-state index contributed by atoms with van der Waals surface area (Å²) in [5, 5.41) is 14.7. The van der Waals surface area contributed by atoms with E-state index in [2.05, 4.69) is 10.5 Å². The molecule has 0 saturated heterocycles. The normalized spacial score (nSPS) is 11.4. The molecule has 3 aromatic rings. The Labute approximate surface area is 208 Å². The predicted molar refractivity (Wildman–Crippen MR) is 132 cm³/mol. The minimum Gasteiger partial charge on any atom is -0.497 e. The molecule has 11 nitrogen and oxygen atoms in total. The second-order valence-corrected chi connectivity index (χ2v) is 9.33. The van der Waals surface area contributed by atoms with Crippen LogP contribution in [0.1, 0.15) is 11.1 Å². The van der Waals surface area contributed by atoms with Gasteiger partial charge >= 0.3 is 0 Å². The van der Waals surface area contributed by atoms with Crippen molar-refractivity contribution in [2.45, 2.75) is 11.4 Å². The molecule has 0 fully saturated rings. The van der Waals surface area contributed by atoms with Gasteiger partial charge in [0.2, 0.25) is 10.0 Å². The summed E-state index contributed by atoms with van der Waals surface area (Å²) in [6, 6.07) is 18.8. The highest BCUT2D eigenvalue weighted by molar-refractivity contribution is 7.89. The zero-order valence-electron chi connectivity index (χ0n) is 19.5. The number of nitro groups is 1. The minimum absolute atomic E-state index is 0.0662. The molecule has 188 valence electrons. The van der Waals surface area contributed by atoms with E-state index < -0.39 is 27.4 Å². The quantitative estimate of drug-likeness (QED) is 0.237. The van der Waals surface area contributed by atoms with Crippen LogP contribution >= 0.6 is 0 Å². The summed E-state index contributed by atoms with van der Waals surface area (Å²) in [5.74, 6) is -0.228. The second kappa shape index (κ2) is 11.9. The number of rotatable bonds is 11. The van der Waals surface area contributed by atoms with Crippen LogP contribution in [0.15, 0.2) is 82.8 Å². The number of ether oxygens (including phenoxy) is 2. The van der Waals surface area contributed by atoms with Crippen LogP contribution in [-0.4, -0.2) is 50.5 Å². The first-order valence-electron chi connectivity index (χ1n) is 10.6. The maximum Gasteiger partial charge on any atom is 0.270 e. The SMILES string of the molecule is COc1ccc(S(=O)(=O)N(CC(=O)N/N=C\c2cccc([N+](=O)[O-])c2)Cc2ccccc2)c(OC)c1. The Morgan fingerprint density at radius 2 is 1.81 bits per heavy atom. The molecule has 1 amide bonds. The largest absolute Gasteiger partial charge is 0.497 e. The van der Waals surface area contributed by atoms with Crippen LogP contribution in [-0.2, 0) is 21.4 Å². The van der Waals surface area contributed by atoms with Crippen molar-refractivity contribution in [2.24, 2.45) is 5.10 Å². The summed E-state index contributed by atoms with van der Waals surface area (Å²) in [7, 11) is -1.40. The number of amides is 1. The molecule has 1 N–H and O–H groups in total. The number of nitrogens with one attached hydrogen (secondary N) is 1. The molecule has 0 heterocycles. The third kappa shape index (κ3) is 6.64. The predicted octanol–water partition coefficient (Wildman–Crippen LogP) is 2.95. The Morgan fingerprint density at radius 3 is 2.47 bits per heavy atom. The fraction of sp³-hybridized carbons (Fsp3) is 0.167. The van der Waals surface area contributed by atoms with Crippen LogP contribution < -0.4 is 14.9 Å². The lowest BCUT2D eigenvalue weighted by Gasteiger charge is -2.22. The van der Waals surface area contributed by atoms with E-state index in [9.17, 15) is 23.3 Å². The van der Waals surface area contributed by atoms with Gasteiger partial charge in [-0.05, 0) is 17.7 Å². The van der Waals surface area contributed by atoms with Gasteiger partial charge in [0.05, 0.1) is 31.9 Å². The number of nitro benzene ring substituents is 1. The zero-order valence-corrected chi connectivity index (χ0v) is 20.3. The third-order valence-corrected chi connectivity index (χ3v) is 6.83. The van der Waals surface area contributed by atoms with E-state index in [1.807, 2.05) is 0 Å². The van der Waals surface area contributed by atoms with E-state index in [4.69, 9.17) is 9.47 Å². The van der Waals surface area contributed by atoms with Crippen LogP contribution in [0, 0.1) is 10.1 Å². The Hall–Kier alpha value is -4.29. The Bertz CT molecular complexity index is 1360. The minimum atomic E-state index is -4.19. The standard InChI is InChI=1S/C24H24N4O7S/c1-34-21-11-12-23(22(14-21)35-2)36(32,33)27(16-18-7-4-3-5-8-18)17-24(29)26-25-15-19-9-6-10-20(13-19)28(30)31/h3-15H,16-17H2,1-2H3,(H,26,29)/b25-15-.